The first-order chi connectivity index (χ1) is 9.10. The third-order valence-electron chi connectivity index (χ3n) is 3.50. The Hall–Kier alpha value is -1.75. The molecule has 1 aromatic rings. The molecule has 104 valence electrons. The average molecular weight is 264 g/mol. The van der Waals surface area contributed by atoms with Crippen LogP contribution in [0.4, 0.5) is 5.69 Å². The minimum Gasteiger partial charge on any atom is -0.496 e. The maximum atomic E-state index is 11.9. The van der Waals surface area contributed by atoms with Gasteiger partial charge in [0.2, 0.25) is 5.91 Å². The maximum absolute atomic E-state index is 11.9. The molecular weight excluding hydrogens is 244 g/mol. The SMILES string of the molecule is COc1ccc(OC)c2c1C(N)CCCN2C(C)=O. The molecule has 2 N–H and O–H groups in total. The lowest BCUT2D eigenvalue weighted by atomic mass is 10.0. The molecule has 0 saturated heterocycles. The van der Waals surface area contributed by atoms with Crippen LogP contribution in [0.3, 0.4) is 0 Å². The predicted molar refractivity (Wildman–Crippen MR) is 73.7 cm³/mol. The van der Waals surface area contributed by atoms with Crippen molar-refractivity contribution in [2.45, 2.75) is 25.8 Å². The number of methoxy groups -OCH3 is 2. The van der Waals surface area contributed by atoms with Crippen molar-refractivity contribution < 1.29 is 14.3 Å². The van der Waals surface area contributed by atoms with Gasteiger partial charge in [0.05, 0.1) is 19.9 Å². The lowest BCUT2D eigenvalue weighted by Crippen LogP contribution is -2.29. The normalized spacial score (nSPS) is 18.5. The first-order valence-corrected chi connectivity index (χ1v) is 6.38. The van der Waals surface area contributed by atoms with Gasteiger partial charge in [0.25, 0.3) is 0 Å². The van der Waals surface area contributed by atoms with E-state index in [0.29, 0.717) is 18.0 Å². The number of benzene rings is 1. The van der Waals surface area contributed by atoms with Crippen LogP contribution in [-0.4, -0.2) is 26.7 Å². The fraction of sp³-hybridized carbons (Fsp3) is 0.500. The second kappa shape index (κ2) is 5.48. The molecule has 0 aliphatic carbocycles. The lowest BCUT2D eigenvalue weighted by Gasteiger charge is -2.25. The second-order valence-corrected chi connectivity index (χ2v) is 4.65. The molecule has 1 heterocycles. The summed E-state index contributed by atoms with van der Waals surface area (Å²) in [6.45, 7) is 2.21. The first kappa shape index (κ1) is 13.7. The fourth-order valence-electron chi connectivity index (χ4n) is 2.59. The van der Waals surface area contributed by atoms with Gasteiger partial charge in [-0.25, -0.2) is 0 Å². The molecule has 0 bridgehead atoms. The Kier molecular flexibility index (Phi) is 3.95. The highest BCUT2D eigenvalue weighted by atomic mass is 16.5. The molecule has 0 saturated carbocycles. The van der Waals surface area contributed by atoms with E-state index in [1.165, 1.54) is 0 Å². The molecule has 5 heteroatoms. The summed E-state index contributed by atoms with van der Waals surface area (Å²) in [4.78, 5) is 13.6. The number of carbonyl (C=O) groups is 1. The quantitative estimate of drug-likeness (QED) is 0.885. The van der Waals surface area contributed by atoms with Crippen molar-refractivity contribution >= 4 is 11.6 Å². The van der Waals surface area contributed by atoms with E-state index in [0.717, 1.165) is 24.1 Å². The Balaban J connectivity index is 2.69. The number of nitrogens with zero attached hydrogens (tertiary/aromatic N) is 1. The molecule has 1 atom stereocenters. The van der Waals surface area contributed by atoms with Gasteiger partial charge in [-0.1, -0.05) is 0 Å². The highest BCUT2D eigenvalue weighted by Gasteiger charge is 2.29. The van der Waals surface area contributed by atoms with E-state index in [4.69, 9.17) is 15.2 Å². The predicted octanol–water partition coefficient (Wildman–Crippen LogP) is 1.85. The summed E-state index contributed by atoms with van der Waals surface area (Å²) >= 11 is 0. The zero-order valence-corrected chi connectivity index (χ0v) is 11.6. The van der Waals surface area contributed by atoms with Gasteiger partial charge < -0.3 is 20.1 Å². The van der Waals surface area contributed by atoms with Crippen LogP contribution in [-0.2, 0) is 4.79 Å². The zero-order valence-electron chi connectivity index (χ0n) is 11.6. The summed E-state index contributed by atoms with van der Waals surface area (Å²) in [5, 5.41) is 0. The van der Waals surface area contributed by atoms with Crippen molar-refractivity contribution in [3.05, 3.63) is 17.7 Å². The van der Waals surface area contributed by atoms with Gasteiger partial charge in [0, 0.05) is 25.1 Å². The minimum atomic E-state index is -0.149. The summed E-state index contributed by atoms with van der Waals surface area (Å²) < 4.78 is 10.8. The third kappa shape index (κ3) is 2.38. The van der Waals surface area contributed by atoms with Crippen molar-refractivity contribution in [2.24, 2.45) is 5.73 Å². The smallest absolute Gasteiger partial charge is 0.223 e. The summed E-state index contributed by atoms with van der Waals surface area (Å²) in [5.41, 5.74) is 7.84. The van der Waals surface area contributed by atoms with Crippen LogP contribution in [0.1, 0.15) is 31.4 Å². The number of carbonyl (C=O) groups excluding carboxylic acids is 1. The van der Waals surface area contributed by atoms with E-state index in [1.54, 1.807) is 26.0 Å². The van der Waals surface area contributed by atoms with Crippen LogP contribution < -0.4 is 20.1 Å². The maximum Gasteiger partial charge on any atom is 0.223 e. The number of nitrogens with two attached hydrogens (primary N) is 1. The van der Waals surface area contributed by atoms with E-state index < -0.39 is 0 Å². The van der Waals surface area contributed by atoms with Crippen molar-refractivity contribution in [2.75, 3.05) is 25.7 Å². The van der Waals surface area contributed by atoms with Crippen LogP contribution in [0.5, 0.6) is 11.5 Å². The molecule has 5 nitrogen and oxygen atoms in total. The summed E-state index contributed by atoms with van der Waals surface area (Å²) in [6.07, 6.45) is 1.68. The van der Waals surface area contributed by atoms with E-state index in [-0.39, 0.29) is 11.9 Å². The Morgan fingerprint density at radius 2 is 1.95 bits per heavy atom. The molecule has 0 fully saturated rings. The topological polar surface area (TPSA) is 64.8 Å². The monoisotopic (exact) mass is 264 g/mol. The van der Waals surface area contributed by atoms with Crippen molar-refractivity contribution in [1.29, 1.82) is 0 Å². The van der Waals surface area contributed by atoms with Gasteiger partial charge in [-0.15, -0.1) is 0 Å². The molecule has 1 aromatic carbocycles. The Morgan fingerprint density at radius 1 is 1.32 bits per heavy atom. The number of ether oxygens (including phenoxy) is 2. The molecule has 1 aliphatic heterocycles. The molecule has 1 aliphatic rings. The number of hydrogen-bond acceptors (Lipinski definition) is 4. The number of fused-ring (bicyclic) bond motifs is 1. The minimum absolute atomic E-state index is 0.0121. The van der Waals surface area contributed by atoms with Crippen molar-refractivity contribution in [3.8, 4) is 11.5 Å². The van der Waals surface area contributed by atoms with Gasteiger partial charge in [0.15, 0.2) is 0 Å². The van der Waals surface area contributed by atoms with E-state index in [9.17, 15) is 4.79 Å². The molecule has 1 amide bonds. The summed E-state index contributed by atoms with van der Waals surface area (Å²) in [7, 11) is 3.20. The zero-order chi connectivity index (χ0) is 14.0. The molecular formula is C14H20N2O3. The largest absolute Gasteiger partial charge is 0.496 e. The van der Waals surface area contributed by atoms with Crippen molar-refractivity contribution in [1.82, 2.24) is 0 Å². The number of rotatable bonds is 2. The van der Waals surface area contributed by atoms with E-state index in [2.05, 4.69) is 0 Å². The average Bonchev–Trinajstić information content (AvgIpc) is 2.58. The highest BCUT2D eigenvalue weighted by molar-refractivity contribution is 5.95. The fourth-order valence-corrected chi connectivity index (χ4v) is 2.59. The Bertz CT molecular complexity index is 488. The van der Waals surface area contributed by atoms with E-state index >= 15 is 0 Å². The number of hydrogen-bond donors (Lipinski definition) is 1. The number of anilines is 1. The van der Waals surface area contributed by atoms with Gasteiger partial charge in [0.1, 0.15) is 11.5 Å². The standard InChI is InChI=1S/C14H20N2O3/c1-9(17)16-8-4-5-10(15)13-11(18-2)6-7-12(19-3)14(13)16/h6-7,10H,4-5,8,15H2,1-3H3. The van der Waals surface area contributed by atoms with Crippen LogP contribution >= 0.6 is 0 Å². The molecule has 0 spiro atoms. The summed E-state index contributed by atoms with van der Waals surface area (Å²) in [6, 6.07) is 3.50. The van der Waals surface area contributed by atoms with Crippen LogP contribution in [0.25, 0.3) is 0 Å². The highest BCUT2D eigenvalue weighted by Crippen LogP contribution is 2.44. The van der Waals surface area contributed by atoms with Crippen LogP contribution in [0, 0.1) is 0 Å². The first-order valence-electron chi connectivity index (χ1n) is 6.38. The summed E-state index contributed by atoms with van der Waals surface area (Å²) in [5.74, 6) is 1.35. The Morgan fingerprint density at radius 3 is 2.53 bits per heavy atom. The second-order valence-electron chi connectivity index (χ2n) is 4.65. The molecule has 1 unspecified atom stereocenters. The van der Waals surface area contributed by atoms with Gasteiger partial charge in [-0.05, 0) is 25.0 Å². The van der Waals surface area contributed by atoms with Gasteiger partial charge in [-0.3, -0.25) is 4.79 Å². The van der Waals surface area contributed by atoms with Gasteiger partial charge in [-0.2, -0.15) is 0 Å². The molecule has 19 heavy (non-hydrogen) atoms. The van der Waals surface area contributed by atoms with Crippen LogP contribution in [0.2, 0.25) is 0 Å². The van der Waals surface area contributed by atoms with E-state index in [1.807, 2.05) is 12.1 Å². The van der Waals surface area contributed by atoms with Crippen molar-refractivity contribution in [3.63, 3.8) is 0 Å². The molecule has 0 radical (unpaired) electrons. The van der Waals surface area contributed by atoms with Crippen LogP contribution in [0.15, 0.2) is 12.1 Å². The molecule has 0 aromatic heterocycles. The van der Waals surface area contributed by atoms with Gasteiger partial charge >= 0.3 is 0 Å². The lowest BCUT2D eigenvalue weighted by molar-refractivity contribution is -0.116. The Labute approximate surface area is 113 Å². The molecule has 2 rings (SSSR count). The third-order valence-corrected chi connectivity index (χ3v) is 3.50. The number of amides is 1.